The van der Waals surface area contributed by atoms with Crippen molar-refractivity contribution in [3.63, 3.8) is 0 Å². The highest BCUT2D eigenvalue weighted by atomic mass is 32.2. The van der Waals surface area contributed by atoms with Crippen molar-refractivity contribution in [1.82, 2.24) is 14.3 Å². The molecule has 2 aromatic heterocycles. The van der Waals surface area contributed by atoms with E-state index in [1.807, 2.05) is 13.8 Å². The van der Waals surface area contributed by atoms with Crippen LogP contribution in [-0.2, 0) is 20.4 Å². The monoisotopic (exact) mass is 455 g/mol. The van der Waals surface area contributed by atoms with Crippen LogP contribution < -0.4 is 15.2 Å². The Morgan fingerprint density at radius 3 is 2.55 bits per heavy atom. The zero-order chi connectivity index (χ0) is 23.0. The Hall–Kier alpha value is -2.70. The molecule has 1 saturated heterocycles. The van der Waals surface area contributed by atoms with Gasteiger partial charge in [-0.3, -0.25) is 9.78 Å². The molecule has 2 aromatic rings. The lowest BCUT2D eigenvalue weighted by Gasteiger charge is -2.47. The Kier molecular flexibility index (Phi) is 6.25. The van der Waals surface area contributed by atoms with Crippen LogP contribution in [0.4, 0.5) is 14.5 Å². The minimum absolute atomic E-state index is 0.00400. The number of amides is 1. The second-order valence-electron chi connectivity index (χ2n) is 7.63. The molecule has 168 valence electrons. The summed E-state index contributed by atoms with van der Waals surface area (Å²) < 4.78 is 54.5. The molecule has 1 aliphatic rings. The number of nitrogens with one attached hydrogen (secondary N) is 1. The van der Waals surface area contributed by atoms with Gasteiger partial charge in [0.15, 0.2) is 0 Å². The summed E-state index contributed by atoms with van der Waals surface area (Å²) in [6, 6.07) is 6.45. The molecule has 9 nitrogen and oxygen atoms in total. The SMILES string of the molecule is Cc1ccc(NC(=O)C2(c3ncccc3C(C)C)CN(S(N)(=O)=O)C2)c(OC(F)F)n1. The Labute approximate surface area is 178 Å². The zero-order valence-electron chi connectivity index (χ0n) is 17.2. The van der Waals surface area contributed by atoms with Crippen molar-refractivity contribution < 1.29 is 26.7 Å². The normalized spacial score (nSPS) is 16.3. The molecule has 1 amide bonds. The van der Waals surface area contributed by atoms with E-state index in [1.165, 1.54) is 18.3 Å². The summed E-state index contributed by atoms with van der Waals surface area (Å²) >= 11 is 0. The average Bonchev–Trinajstić information content (AvgIpc) is 2.62. The first-order valence-electron chi connectivity index (χ1n) is 9.41. The molecule has 12 heteroatoms. The maximum atomic E-state index is 13.4. The van der Waals surface area contributed by atoms with Gasteiger partial charge in [-0.1, -0.05) is 19.9 Å². The van der Waals surface area contributed by atoms with Crippen LogP contribution in [0, 0.1) is 6.92 Å². The molecule has 31 heavy (non-hydrogen) atoms. The lowest BCUT2D eigenvalue weighted by Crippen LogP contribution is -2.67. The Morgan fingerprint density at radius 1 is 1.29 bits per heavy atom. The van der Waals surface area contributed by atoms with E-state index in [0.717, 1.165) is 9.87 Å². The third kappa shape index (κ3) is 4.65. The fourth-order valence-corrected chi connectivity index (χ4v) is 4.26. The van der Waals surface area contributed by atoms with Gasteiger partial charge in [0.25, 0.3) is 10.2 Å². The number of rotatable bonds is 7. The van der Waals surface area contributed by atoms with Crippen LogP contribution in [0.25, 0.3) is 0 Å². The predicted octanol–water partition coefficient (Wildman–Crippen LogP) is 1.91. The van der Waals surface area contributed by atoms with Gasteiger partial charge in [-0.05, 0) is 36.6 Å². The molecule has 0 aliphatic carbocycles. The minimum atomic E-state index is -4.02. The lowest BCUT2D eigenvalue weighted by atomic mass is 9.74. The minimum Gasteiger partial charge on any atom is -0.415 e. The van der Waals surface area contributed by atoms with Crippen LogP contribution in [0.5, 0.6) is 5.88 Å². The van der Waals surface area contributed by atoms with Gasteiger partial charge in [-0.15, -0.1) is 0 Å². The van der Waals surface area contributed by atoms with Crippen molar-refractivity contribution in [3.05, 3.63) is 47.4 Å². The molecular weight excluding hydrogens is 432 g/mol. The summed E-state index contributed by atoms with van der Waals surface area (Å²) in [4.78, 5) is 21.7. The summed E-state index contributed by atoms with van der Waals surface area (Å²) in [6.45, 7) is 1.81. The number of aromatic nitrogens is 2. The Bertz CT molecular complexity index is 1090. The number of carbonyl (C=O) groups excluding carboxylic acids is 1. The molecule has 3 rings (SSSR count). The number of nitrogens with two attached hydrogens (primary N) is 1. The van der Waals surface area contributed by atoms with Crippen molar-refractivity contribution in [3.8, 4) is 5.88 Å². The van der Waals surface area contributed by atoms with Crippen molar-refractivity contribution >= 4 is 21.8 Å². The van der Waals surface area contributed by atoms with Crippen LogP contribution in [0.2, 0.25) is 0 Å². The quantitative estimate of drug-likeness (QED) is 0.657. The van der Waals surface area contributed by atoms with Crippen LogP contribution in [0.15, 0.2) is 30.5 Å². The maximum absolute atomic E-state index is 13.4. The molecule has 0 bridgehead atoms. The molecule has 1 fully saturated rings. The first-order chi connectivity index (χ1) is 14.4. The number of carbonyl (C=O) groups is 1. The summed E-state index contributed by atoms with van der Waals surface area (Å²) in [5.41, 5.74) is 0.155. The second kappa shape index (κ2) is 8.44. The molecule has 1 aliphatic heterocycles. The topological polar surface area (TPSA) is 128 Å². The van der Waals surface area contributed by atoms with Crippen LogP contribution in [-0.4, -0.2) is 48.3 Å². The summed E-state index contributed by atoms with van der Waals surface area (Å²) in [7, 11) is -4.02. The van der Waals surface area contributed by atoms with Gasteiger partial charge in [0.1, 0.15) is 11.1 Å². The Morgan fingerprint density at radius 2 is 1.97 bits per heavy atom. The van der Waals surface area contributed by atoms with Crippen molar-refractivity contribution in [2.75, 3.05) is 18.4 Å². The highest BCUT2D eigenvalue weighted by Gasteiger charge is 2.56. The van der Waals surface area contributed by atoms with Crippen molar-refractivity contribution in [1.29, 1.82) is 0 Å². The third-order valence-corrected chi connectivity index (χ3v) is 6.03. The first kappa shape index (κ1) is 23.0. The van der Waals surface area contributed by atoms with E-state index in [-0.39, 0.29) is 24.7 Å². The molecular formula is C19H23F2N5O4S. The van der Waals surface area contributed by atoms with Crippen LogP contribution in [0.3, 0.4) is 0 Å². The molecule has 0 aromatic carbocycles. The van der Waals surface area contributed by atoms with Gasteiger partial charge in [0, 0.05) is 25.0 Å². The molecule has 3 heterocycles. The van der Waals surface area contributed by atoms with Crippen molar-refractivity contribution in [2.24, 2.45) is 5.14 Å². The first-order valence-corrected chi connectivity index (χ1v) is 10.9. The van der Waals surface area contributed by atoms with E-state index in [1.54, 1.807) is 19.1 Å². The van der Waals surface area contributed by atoms with Gasteiger partial charge in [0.05, 0.1) is 5.69 Å². The van der Waals surface area contributed by atoms with Gasteiger partial charge in [0.2, 0.25) is 11.8 Å². The number of alkyl halides is 2. The third-order valence-electron chi connectivity index (χ3n) is 5.05. The van der Waals surface area contributed by atoms with Gasteiger partial charge < -0.3 is 10.1 Å². The Balaban J connectivity index is 2.02. The number of pyridine rings is 2. The van der Waals surface area contributed by atoms with Gasteiger partial charge >= 0.3 is 6.61 Å². The van der Waals surface area contributed by atoms with Crippen LogP contribution in [0.1, 0.15) is 36.7 Å². The van der Waals surface area contributed by atoms with E-state index in [0.29, 0.717) is 11.4 Å². The number of nitrogens with zero attached hydrogens (tertiary/aromatic N) is 3. The predicted molar refractivity (Wildman–Crippen MR) is 109 cm³/mol. The van der Waals surface area contributed by atoms with Crippen LogP contribution >= 0.6 is 0 Å². The van der Waals surface area contributed by atoms with Crippen molar-refractivity contribution in [2.45, 2.75) is 38.7 Å². The fourth-order valence-electron chi connectivity index (χ4n) is 3.46. The van der Waals surface area contributed by atoms with E-state index < -0.39 is 34.0 Å². The smallest absolute Gasteiger partial charge is 0.388 e. The average molecular weight is 455 g/mol. The highest BCUT2D eigenvalue weighted by molar-refractivity contribution is 7.86. The number of aryl methyl sites for hydroxylation is 1. The molecule has 0 spiro atoms. The summed E-state index contributed by atoms with van der Waals surface area (Å²) in [5, 5.41) is 7.78. The standard InChI is InChI=1S/C19H23F2N5O4S/c1-11(2)13-5-4-8-23-15(13)19(9-26(10-19)31(22,28)29)17(27)25-14-7-6-12(3)24-16(14)30-18(20)21/h4-8,11,18H,9-10H2,1-3H3,(H,25,27)(H2,22,28,29). The number of hydrogen-bond donors (Lipinski definition) is 2. The van der Waals surface area contributed by atoms with Gasteiger partial charge in [-0.25, -0.2) is 10.1 Å². The molecule has 0 atom stereocenters. The van der Waals surface area contributed by atoms with Gasteiger partial charge in [-0.2, -0.15) is 21.5 Å². The zero-order valence-corrected chi connectivity index (χ0v) is 18.0. The number of ether oxygens (including phenoxy) is 1. The molecule has 0 unspecified atom stereocenters. The lowest BCUT2D eigenvalue weighted by molar-refractivity contribution is -0.125. The molecule has 0 radical (unpaired) electrons. The van der Waals surface area contributed by atoms with E-state index in [2.05, 4.69) is 20.0 Å². The summed E-state index contributed by atoms with van der Waals surface area (Å²) in [6.07, 6.45) is 1.51. The second-order valence-corrected chi connectivity index (χ2v) is 9.18. The molecule has 3 N–H and O–H groups in total. The highest BCUT2D eigenvalue weighted by Crippen LogP contribution is 2.40. The molecule has 0 saturated carbocycles. The number of anilines is 1. The summed E-state index contributed by atoms with van der Waals surface area (Å²) in [5.74, 6) is -1.07. The van der Waals surface area contributed by atoms with E-state index in [4.69, 9.17) is 5.14 Å². The fraction of sp³-hybridized carbons (Fsp3) is 0.421. The van der Waals surface area contributed by atoms with E-state index >= 15 is 0 Å². The largest absolute Gasteiger partial charge is 0.415 e. The number of hydrogen-bond acceptors (Lipinski definition) is 6. The number of halogens is 2. The maximum Gasteiger partial charge on any atom is 0.388 e. The van der Waals surface area contributed by atoms with E-state index in [9.17, 15) is 22.0 Å².